The van der Waals surface area contributed by atoms with Gasteiger partial charge in [0.15, 0.2) is 0 Å². The van der Waals surface area contributed by atoms with Crippen LogP contribution in [0.15, 0.2) is 0 Å². The number of halogens is 2. The van der Waals surface area contributed by atoms with Gasteiger partial charge in [0.25, 0.3) is 0 Å². The molecular formula is C6H18Cl2N2. The molecule has 0 aliphatic heterocycles. The molecule has 0 spiro atoms. The summed E-state index contributed by atoms with van der Waals surface area (Å²) in [5, 5.41) is 0. The first-order valence-electron chi connectivity index (χ1n) is 3.12. The van der Waals surface area contributed by atoms with Gasteiger partial charge in [-0.1, -0.05) is 13.8 Å². The second kappa shape index (κ2) is 9.50. The minimum atomic E-state index is 0. The summed E-state index contributed by atoms with van der Waals surface area (Å²) in [6.07, 6.45) is 1.04. The van der Waals surface area contributed by atoms with Gasteiger partial charge in [-0.15, -0.1) is 24.8 Å². The first kappa shape index (κ1) is 16.8. The molecule has 4 N–H and O–H groups in total. The second-order valence-electron chi connectivity index (χ2n) is 2.63. The Bertz CT molecular complexity index is 59.7. The molecule has 0 amide bonds. The molecule has 66 valence electrons. The largest absolute Gasteiger partial charge is 0.329 e. The fraction of sp³-hybridized carbons (Fsp3) is 1.00. The highest BCUT2D eigenvalue weighted by Gasteiger charge is 2.00. The molecule has 0 aromatic carbocycles. The maximum absolute atomic E-state index is 5.55. The molecule has 0 rings (SSSR count). The van der Waals surface area contributed by atoms with Crippen molar-refractivity contribution in [3.8, 4) is 0 Å². The lowest BCUT2D eigenvalue weighted by Gasteiger charge is -2.09. The second-order valence-corrected chi connectivity index (χ2v) is 2.63. The third-order valence-electron chi connectivity index (χ3n) is 1.08. The fourth-order valence-corrected chi connectivity index (χ4v) is 0.702. The van der Waals surface area contributed by atoms with Gasteiger partial charge in [-0.25, -0.2) is 0 Å². The molecular weight excluding hydrogens is 171 g/mol. The molecule has 10 heavy (non-hydrogen) atoms. The van der Waals surface area contributed by atoms with Crippen LogP contribution >= 0.6 is 24.8 Å². The summed E-state index contributed by atoms with van der Waals surface area (Å²) in [4.78, 5) is 0. The standard InChI is InChI=1S/C6H16N2.2ClH/c1-5(2)3-6(8)4-7;;/h5-6H,3-4,7-8H2,1-2H3;2*1H/t6-;;/m0../s1. The van der Waals surface area contributed by atoms with Crippen LogP contribution in [0.2, 0.25) is 0 Å². The SMILES string of the molecule is CC(C)C[C@H](N)CN.Cl.Cl. The van der Waals surface area contributed by atoms with Gasteiger partial charge >= 0.3 is 0 Å². The highest BCUT2D eigenvalue weighted by atomic mass is 35.5. The molecule has 0 aliphatic carbocycles. The molecule has 0 radical (unpaired) electrons. The normalized spacial score (nSPS) is 11.7. The van der Waals surface area contributed by atoms with Crippen molar-refractivity contribution in [3.05, 3.63) is 0 Å². The molecule has 0 bridgehead atoms. The van der Waals surface area contributed by atoms with E-state index in [1.54, 1.807) is 0 Å². The van der Waals surface area contributed by atoms with Crippen LogP contribution < -0.4 is 11.5 Å². The van der Waals surface area contributed by atoms with E-state index in [9.17, 15) is 0 Å². The monoisotopic (exact) mass is 188 g/mol. The smallest absolute Gasteiger partial charge is 0.0165 e. The van der Waals surface area contributed by atoms with Gasteiger partial charge < -0.3 is 11.5 Å². The van der Waals surface area contributed by atoms with Gasteiger partial charge in [0.1, 0.15) is 0 Å². The van der Waals surface area contributed by atoms with Crippen LogP contribution in [0.25, 0.3) is 0 Å². The first-order valence-corrected chi connectivity index (χ1v) is 3.12. The summed E-state index contributed by atoms with van der Waals surface area (Å²) in [6, 6.07) is 0.204. The van der Waals surface area contributed by atoms with E-state index in [1.807, 2.05) is 0 Å². The van der Waals surface area contributed by atoms with Gasteiger partial charge in [0.2, 0.25) is 0 Å². The van der Waals surface area contributed by atoms with E-state index in [-0.39, 0.29) is 30.9 Å². The van der Waals surface area contributed by atoms with Crippen LogP contribution in [0.4, 0.5) is 0 Å². The van der Waals surface area contributed by atoms with E-state index in [0.29, 0.717) is 12.5 Å². The quantitative estimate of drug-likeness (QED) is 0.699. The fourth-order valence-electron chi connectivity index (χ4n) is 0.702. The van der Waals surface area contributed by atoms with Crippen molar-refractivity contribution in [2.45, 2.75) is 26.3 Å². The lowest BCUT2D eigenvalue weighted by atomic mass is 10.1. The molecule has 0 saturated carbocycles. The number of nitrogens with two attached hydrogens (primary N) is 2. The summed E-state index contributed by atoms with van der Waals surface area (Å²) >= 11 is 0. The van der Waals surface area contributed by atoms with Crippen LogP contribution in [-0.4, -0.2) is 12.6 Å². The average molecular weight is 189 g/mol. The topological polar surface area (TPSA) is 52.0 Å². The zero-order valence-electron chi connectivity index (χ0n) is 6.54. The molecule has 0 aromatic heterocycles. The Morgan fingerprint density at radius 1 is 1.20 bits per heavy atom. The van der Waals surface area contributed by atoms with Crippen molar-refractivity contribution < 1.29 is 0 Å². The number of rotatable bonds is 3. The maximum atomic E-state index is 5.55. The van der Waals surface area contributed by atoms with Gasteiger partial charge in [-0.05, 0) is 12.3 Å². The zero-order chi connectivity index (χ0) is 6.57. The summed E-state index contributed by atoms with van der Waals surface area (Å²) in [7, 11) is 0. The first-order chi connectivity index (χ1) is 3.66. The van der Waals surface area contributed by atoms with Crippen LogP contribution in [-0.2, 0) is 0 Å². The predicted octanol–water partition coefficient (Wildman–Crippen LogP) is 1.16. The Morgan fingerprint density at radius 2 is 1.60 bits per heavy atom. The minimum Gasteiger partial charge on any atom is -0.329 e. The van der Waals surface area contributed by atoms with Crippen LogP contribution in [0, 0.1) is 5.92 Å². The Labute approximate surface area is 75.5 Å². The Hall–Kier alpha value is 0.500. The molecule has 1 atom stereocenters. The maximum Gasteiger partial charge on any atom is 0.0165 e. The summed E-state index contributed by atoms with van der Waals surface area (Å²) in [5.41, 5.74) is 10.8. The van der Waals surface area contributed by atoms with E-state index in [2.05, 4.69) is 13.8 Å². The highest BCUT2D eigenvalue weighted by Crippen LogP contribution is 2.00. The Morgan fingerprint density at radius 3 is 1.70 bits per heavy atom. The average Bonchev–Trinajstić information content (AvgIpc) is 1.65. The lowest BCUT2D eigenvalue weighted by molar-refractivity contribution is 0.501. The van der Waals surface area contributed by atoms with Gasteiger partial charge in [-0.2, -0.15) is 0 Å². The van der Waals surface area contributed by atoms with Crippen molar-refractivity contribution in [2.75, 3.05) is 6.54 Å². The Balaban J connectivity index is -0.000000245. The number of hydrogen-bond acceptors (Lipinski definition) is 2. The van der Waals surface area contributed by atoms with E-state index >= 15 is 0 Å². The molecule has 2 nitrogen and oxygen atoms in total. The molecule has 4 heteroatoms. The lowest BCUT2D eigenvalue weighted by Crippen LogP contribution is -2.30. The zero-order valence-corrected chi connectivity index (χ0v) is 8.17. The highest BCUT2D eigenvalue weighted by molar-refractivity contribution is 5.85. The number of hydrogen-bond donors (Lipinski definition) is 2. The Kier molecular flexibility index (Phi) is 16.0. The molecule has 0 unspecified atom stereocenters. The molecule has 0 aromatic rings. The molecule has 0 heterocycles. The van der Waals surface area contributed by atoms with Crippen molar-refractivity contribution in [3.63, 3.8) is 0 Å². The van der Waals surface area contributed by atoms with Crippen molar-refractivity contribution in [1.29, 1.82) is 0 Å². The van der Waals surface area contributed by atoms with Gasteiger partial charge in [0, 0.05) is 12.6 Å². The third kappa shape index (κ3) is 11.3. The van der Waals surface area contributed by atoms with Crippen molar-refractivity contribution in [2.24, 2.45) is 17.4 Å². The minimum absolute atomic E-state index is 0. The van der Waals surface area contributed by atoms with Crippen LogP contribution in [0.1, 0.15) is 20.3 Å². The van der Waals surface area contributed by atoms with Crippen LogP contribution in [0.5, 0.6) is 0 Å². The molecule has 0 aliphatic rings. The van der Waals surface area contributed by atoms with E-state index in [4.69, 9.17) is 11.5 Å². The van der Waals surface area contributed by atoms with Gasteiger partial charge in [0.05, 0.1) is 0 Å². The van der Waals surface area contributed by atoms with E-state index < -0.39 is 0 Å². The van der Waals surface area contributed by atoms with Crippen molar-refractivity contribution in [1.82, 2.24) is 0 Å². The predicted molar refractivity (Wildman–Crippen MR) is 51.0 cm³/mol. The molecule has 0 saturated heterocycles. The van der Waals surface area contributed by atoms with Crippen LogP contribution in [0.3, 0.4) is 0 Å². The van der Waals surface area contributed by atoms with Gasteiger partial charge in [-0.3, -0.25) is 0 Å². The summed E-state index contributed by atoms with van der Waals surface area (Å²) in [5.74, 6) is 0.675. The van der Waals surface area contributed by atoms with E-state index in [1.165, 1.54) is 0 Å². The van der Waals surface area contributed by atoms with Crippen molar-refractivity contribution >= 4 is 24.8 Å². The molecule has 0 fully saturated rings. The van der Waals surface area contributed by atoms with E-state index in [0.717, 1.165) is 6.42 Å². The summed E-state index contributed by atoms with van der Waals surface area (Å²) in [6.45, 7) is 4.91. The summed E-state index contributed by atoms with van der Waals surface area (Å²) < 4.78 is 0. The third-order valence-corrected chi connectivity index (χ3v) is 1.08.